The molecule has 1 saturated heterocycles. The van der Waals surface area contributed by atoms with Crippen LogP contribution in [0.5, 0.6) is 5.75 Å². The largest absolute Gasteiger partial charge is 0.495 e. The summed E-state index contributed by atoms with van der Waals surface area (Å²) in [6.45, 7) is 5.72. The Kier molecular flexibility index (Phi) is 5.33. The number of fused-ring (bicyclic) bond motifs is 1. The number of aromatic nitrogens is 4. The van der Waals surface area contributed by atoms with Crippen molar-refractivity contribution in [3.63, 3.8) is 0 Å². The Balaban J connectivity index is 1.42. The first kappa shape index (κ1) is 19.2. The minimum absolute atomic E-state index is 0.0268. The molecule has 1 aliphatic rings. The van der Waals surface area contributed by atoms with Gasteiger partial charge in [-0.25, -0.2) is 0 Å². The van der Waals surface area contributed by atoms with Gasteiger partial charge in [-0.3, -0.25) is 4.79 Å². The molecule has 1 fully saturated rings. The summed E-state index contributed by atoms with van der Waals surface area (Å²) < 4.78 is 7.14. The molecule has 0 spiro atoms. The van der Waals surface area contributed by atoms with Crippen LogP contribution in [-0.4, -0.2) is 45.9 Å². The number of carbonyl (C=O) groups excluding carboxylic acids is 1. The van der Waals surface area contributed by atoms with Gasteiger partial charge in [-0.1, -0.05) is 26.0 Å². The van der Waals surface area contributed by atoms with Gasteiger partial charge in [0.15, 0.2) is 11.5 Å². The predicted molar refractivity (Wildman–Crippen MR) is 111 cm³/mol. The normalized spacial score (nSPS) is 15.1. The van der Waals surface area contributed by atoms with Gasteiger partial charge in [-0.05, 0) is 37.1 Å². The maximum atomic E-state index is 12.7. The fourth-order valence-electron chi connectivity index (χ4n) is 3.68. The number of nitrogens with one attached hydrogen (secondary N) is 1. The zero-order valence-electron chi connectivity index (χ0n) is 17.0. The summed E-state index contributed by atoms with van der Waals surface area (Å²) in [6.07, 6.45) is 1.56. The zero-order chi connectivity index (χ0) is 20.4. The number of ether oxygens (including phenoxy) is 1. The van der Waals surface area contributed by atoms with Crippen LogP contribution >= 0.6 is 0 Å². The number of nitrogens with zero attached hydrogens (tertiary/aromatic N) is 5. The summed E-state index contributed by atoms with van der Waals surface area (Å²) in [7, 11) is 1.60. The van der Waals surface area contributed by atoms with Crippen molar-refractivity contribution >= 4 is 23.1 Å². The van der Waals surface area contributed by atoms with Crippen LogP contribution in [0.15, 0.2) is 36.4 Å². The first-order valence-electron chi connectivity index (χ1n) is 9.98. The number of anilines is 2. The highest BCUT2D eigenvalue weighted by molar-refractivity contribution is 5.94. The van der Waals surface area contributed by atoms with E-state index in [1.807, 2.05) is 40.9 Å². The standard InChI is InChI=1S/C21H26N6O2/c1-14(2)20-24-23-18-8-9-19(25-27(18)20)26-12-10-15(11-13-26)21(28)22-16-6-4-5-7-17(16)29-3/h4-9,14-15H,10-13H2,1-3H3,(H,22,28). The van der Waals surface area contributed by atoms with Gasteiger partial charge < -0.3 is 15.0 Å². The molecule has 3 heterocycles. The van der Waals surface area contributed by atoms with Crippen molar-refractivity contribution in [2.75, 3.05) is 30.4 Å². The van der Waals surface area contributed by atoms with E-state index in [1.165, 1.54) is 0 Å². The van der Waals surface area contributed by atoms with E-state index in [9.17, 15) is 4.79 Å². The average Bonchev–Trinajstić information content (AvgIpc) is 3.18. The fraction of sp³-hybridized carbons (Fsp3) is 0.429. The molecule has 8 nitrogen and oxygen atoms in total. The lowest BCUT2D eigenvalue weighted by Gasteiger charge is -2.32. The molecule has 0 aliphatic carbocycles. The third-order valence-corrected chi connectivity index (χ3v) is 5.34. The topological polar surface area (TPSA) is 84.6 Å². The highest BCUT2D eigenvalue weighted by Crippen LogP contribution is 2.27. The molecule has 4 rings (SSSR count). The summed E-state index contributed by atoms with van der Waals surface area (Å²) in [5.74, 6) is 2.68. The Bertz CT molecular complexity index is 1010. The van der Waals surface area contributed by atoms with E-state index in [4.69, 9.17) is 9.84 Å². The van der Waals surface area contributed by atoms with Crippen molar-refractivity contribution in [3.05, 3.63) is 42.2 Å². The molecular formula is C21H26N6O2. The average molecular weight is 394 g/mol. The third-order valence-electron chi connectivity index (χ3n) is 5.34. The van der Waals surface area contributed by atoms with Crippen LogP contribution in [0.2, 0.25) is 0 Å². The van der Waals surface area contributed by atoms with Gasteiger partial charge in [0.2, 0.25) is 5.91 Å². The number of amides is 1. The second-order valence-electron chi connectivity index (χ2n) is 7.63. The number of hydrogen-bond donors (Lipinski definition) is 1. The third kappa shape index (κ3) is 3.87. The van der Waals surface area contributed by atoms with Crippen molar-refractivity contribution < 1.29 is 9.53 Å². The number of benzene rings is 1. The minimum atomic E-state index is -0.0268. The summed E-state index contributed by atoms with van der Waals surface area (Å²) in [6, 6.07) is 11.4. The maximum absolute atomic E-state index is 12.7. The van der Waals surface area contributed by atoms with Gasteiger partial charge in [-0.15, -0.1) is 15.3 Å². The van der Waals surface area contributed by atoms with Crippen LogP contribution in [0.3, 0.4) is 0 Å². The monoisotopic (exact) mass is 394 g/mol. The second-order valence-corrected chi connectivity index (χ2v) is 7.63. The van der Waals surface area contributed by atoms with E-state index >= 15 is 0 Å². The molecule has 0 saturated carbocycles. The molecule has 1 aromatic carbocycles. The molecule has 0 atom stereocenters. The molecule has 29 heavy (non-hydrogen) atoms. The van der Waals surface area contributed by atoms with Crippen LogP contribution in [0.1, 0.15) is 38.4 Å². The van der Waals surface area contributed by atoms with E-state index in [-0.39, 0.29) is 17.7 Å². The van der Waals surface area contributed by atoms with Gasteiger partial charge >= 0.3 is 0 Å². The lowest BCUT2D eigenvalue weighted by Crippen LogP contribution is -2.38. The van der Waals surface area contributed by atoms with Gasteiger partial charge in [-0.2, -0.15) is 4.52 Å². The van der Waals surface area contributed by atoms with E-state index in [2.05, 4.69) is 34.3 Å². The first-order valence-corrected chi connectivity index (χ1v) is 9.98. The van der Waals surface area contributed by atoms with Crippen molar-refractivity contribution in [2.24, 2.45) is 5.92 Å². The summed E-state index contributed by atoms with van der Waals surface area (Å²) >= 11 is 0. The summed E-state index contributed by atoms with van der Waals surface area (Å²) in [5.41, 5.74) is 1.46. The highest BCUT2D eigenvalue weighted by atomic mass is 16.5. The Morgan fingerprint density at radius 1 is 1.14 bits per heavy atom. The molecule has 0 radical (unpaired) electrons. The second kappa shape index (κ2) is 8.06. The van der Waals surface area contributed by atoms with Crippen LogP contribution in [-0.2, 0) is 4.79 Å². The molecule has 2 aromatic heterocycles. The molecule has 8 heteroatoms. The number of para-hydroxylation sites is 2. The van der Waals surface area contributed by atoms with Crippen molar-refractivity contribution in [3.8, 4) is 5.75 Å². The van der Waals surface area contributed by atoms with E-state index in [0.29, 0.717) is 11.4 Å². The Labute approximate surface area is 169 Å². The van der Waals surface area contributed by atoms with Crippen molar-refractivity contribution in [1.29, 1.82) is 0 Å². The van der Waals surface area contributed by atoms with Gasteiger partial charge in [0, 0.05) is 24.9 Å². The molecular weight excluding hydrogens is 368 g/mol. The molecule has 0 unspecified atom stereocenters. The SMILES string of the molecule is COc1ccccc1NC(=O)C1CCN(c2ccc3nnc(C(C)C)n3n2)CC1. The number of rotatable bonds is 5. The Hall–Kier alpha value is -3.16. The number of methoxy groups -OCH3 is 1. The predicted octanol–water partition coefficient (Wildman–Crippen LogP) is 3.11. The summed E-state index contributed by atoms with van der Waals surface area (Å²) in [4.78, 5) is 14.9. The van der Waals surface area contributed by atoms with E-state index < -0.39 is 0 Å². The highest BCUT2D eigenvalue weighted by Gasteiger charge is 2.26. The minimum Gasteiger partial charge on any atom is -0.495 e. The van der Waals surface area contributed by atoms with Crippen molar-refractivity contribution in [1.82, 2.24) is 19.8 Å². The molecule has 1 N–H and O–H groups in total. The Morgan fingerprint density at radius 3 is 2.62 bits per heavy atom. The zero-order valence-corrected chi connectivity index (χ0v) is 17.0. The van der Waals surface area contributed by atoms with Crippen LogP contribution in [0.25, 0.3) is 5.65 Å². The van der Waals surface area contributed by atoms with E-state index in [0.717, 1.165) is 43.2 Å². The lowest BCUT2D eigenvalue weighted by atomic mass is 9.95. The molecule has 152 valence electrons. The lowest BCUT2D eigenvalue weighted by molar-refractivity contribution is -0.120. The van der Waals surface area contributed by atoms with Gasteiger partial charge in [0.1, 0.15) is 11.6 Å². The quantitative estimate of drug-likeness (QED) is 0.716. The molecule has 1 aliphatic heterocycles. The smallest absolute Gasteiger partial charge is 0.227 e. The summed E-state index contributed by atoms with van der Waals surface area (Å²) in [5, 5.41) is 16.2. The van der Waals surface area contributed by atoms with Crippen LogP contribution < -0.4 is 15.0 Å². The fourth-order valence-corrected chi connectivity index (χ4v) is 3.68. The maximum Gasteiger partial charge on any atom is 0.227 e. The van der Waals surface area contributed by atoms with Crippen LogP contribution in [0.4, 0.5) is 11.5 Å². The molecule has 3 aromatic rings. The van der Waals surface area contributed by atoms with Gasteiger partial charge in [0.25, 0.3) is 0 Å². The number of piperidine rings is 1. The van der Waals surface area contributed by atoms with Crippen molar-refractivity contribution in [2.45, 2.75) is 32.6 Å². The molecule has 1 amide bonds. The number of carbonyl (C=O) groups is 1. The van der Waals surface area contributed by atoms with E-state index in [1.54, 1.807) is 7.11 Å². The number of hydrogen-bond acceptors (Lipinski definition) is 6. The molecule has 0 bridgehead atoms. The van der Waals surface area contributed by atoms with Crippen LogP contribution in [0, 0.1) is 5.92 Å². The Morgan fingerprint density at radius 2 is 1.90 bits per heavy atom. The first-order chi connectivity index (χ1) is 14.1. The van der Waals surface area contributed by atoms with Gasteiger partial charge in [0.05, 0.1) is 12.8 Å².